The second kappa shape index (κ2) is 4.56. The van der Waals surface area contributed by atoms with Crippen molar-refractivity contribution in [3.8, 4) is 0 Å². The Kier molecular flexibility index (Phi) is 3.92. The van der Waals surface area contributed by atoms with E-state index in [1.807, 2.05) is 0 Å². The third-order valence-corrected chi connectivity index (χ3v) is 4.28. The van der Waals surface area contributed by atoms with Gasteiger partial charge in [0.2, 0.25) is 0 Å². The summed E-state index contributed by atoms with van der Waals surface area (Å²) in [6.07, 6.45) is 3.26. The van der Waals surface area contributed by atoms with Crippen LogP contribution >= 0.6 is 0 Å². The predicted octanol–water partition coefficient (Wildman–Crippen LogP) is 2.67. The minimum Gasteiger partial charge on any atom is -0.306 e. The van der Waals surface area contributed by atoms with Crippen molar-refractivity contribution in [1.29, 1.82) is 0 Å². The van der Waals surface area contributed by atoms with Crippen molar-refractivity contribution in [3.63, 3.8) is 0 Å². The molecule has 0 amide bonds. The first-order valence-electron chi connectivity index (χ1n) is 5.12. The predicted molar refractivity (Wildman–Crippen MR) is 55.9 cm³/mol. The molecule has 1 rings (SSSR count). The molecule has 0 heterocycles. The number of hydrogen-bond donors (Lipinski definition) is 1. The number of hydrogen-bond acceptors (Lipinski definition) is 1. The van der Waals surface area contributed by atoms with Gasteiger partial charge in [0, 0.05) is 0 Å². The van der Waals surface area contributed by atoms with Crippen LogP contribution in [0.25, 0.3) is 0 Å². The van der Waals surface area contributed by atoms with Crippen LogP contribution in [0.1, 0.15) is 40.0 Å². The second-order valence-corrected chi connectivity index (χ2v) is 5.80. The van der Waals surface area contributed by atoms with Crippen molar-refractivity contribution >= 4 is 11.1 Å². The van der Waals surface area contributed by atoms with Gasteiger partial charge < -0.3 is 4.55 Å². The lowest BCUT2D eigenvalue weighted by Crippen LogP contribution is -2.35. The van der Waals surface area contributed by atoms with Gasteiger partial charge in [0.15, 0.2) is 11.1 Å². The molecule has 1 saturated carbocycles. The summed E-state index contributed by atoms with van der Waals surface area (Å²) in [5, 5.41) is 0.0174. The van der Waals surface area contributed by atoms with Crippen molar-refractivity contribution in [2.75, 3.05) is 0 Å². The van der Waals surface area contributed by atoms with Crippen LogP contribution in [0.3, 0.4) is 0 Å². The fourth-order valence-electron chi connectivity index (χ4n) is 2.35. The molecule has 0 aromatic carbocycles. The maximum atomic E-state index is 11.1. The molecule has 0 aliphatic heterocycles. The first-order valence-corrected chi connectivity index (χ1v) is 6.29. The van der Waals surface area contributed by atoms with E-state index in [2.05, 4.69) is 20.8 Å². The molecule has 1 N–H and O–H groups in total. The maximum Gasteiger partial charge on any atom is 0.156 e. The first-order chi connectivity index (χ1) is 6.02. The summed E-state index contributed by atoms with van der Waals surface area (Å²) in [5.74, 6) is 1.60. The van der Waals surface area contributed by atoms with E-state index in [4.69, 9.17) is 0 Å². The van der Waals surface area contributed by atoms with E-state index in [0.29, 0.717) is 17.8 Å². The average Bonchev–Trinajstić information content (AvgIpc) is 2.03. The van der Waals surface area contributed by atoms with Gasteiger partial charge in [0.05, 0.1) is 5.25 Å². The molecular weight excluding hydrogens is 184 g/mol. The summed E-state index contributed by atoms with van der Waals surface area (Å²) in [6, 6.07) is 0. The Hall–Kier alpha value is 0.110. The summed E-state index contributed by atoms with van der Waals surface area (Å²) in [6.45, 7) is 6.48. The average molecular weight is 204 g/mol. The summed E-state index contributed by atoms with van der Waals surface area (Å²) in [5.41, 5.74) is 0. The van der Waals surface area contributed by atoms with Crippen molar-refractivity contribution in [3.05, 3.63) is 0 Å². The number of rotatable bonds is 2. The highest BCUT2D eigenvalue weighted by atomic mass is 32.2. The van der Waals surface area contributed by atoms with Crippen LogP contribution in [-0.4, -0.2) is 14.0 Å². The van der Waals surface area contributed by atoms with Crippen LogP contribution in [0.15, 0.2) is 0 Å². The third-order valence-electron chi connectivity index (χ3n) is 3.22. The minimum absolute atomic E-state index is 0.0174. The van der Waals surface area contributed by atoms with E-state index < -0.39 is 11.1 Å². The highest BCUT2D eigenvalue weighted by molar-refractivity contribution is 7.79. The zero-order valence-electron chi connectivity index (χ0n) is 8.69. The molecule has 1 aliphatic rings. The molecule has 0 saturated heterocycles. The molecule has 1 aliphatic carbocycles. The monoisotopic (exact) mass is 204 g/mol. The lowest BCUT2D eigenvalue weighted by Gasteiger charge is -2.35. The van der Waals surface area contributed by atoms with Crippen LogP contribution in [0, 0.1) is 17.8 Å². The van der Waals surface area contributed by atoms with E-state index in [9.17, 15) is 8.76 Å². The van der Waals surface area contributed by atoms with Crippen LogP contribution in [0.5, 0.6) is 0 Å². The molecule has 1 fully saturated rings. The smallest absolute Gasteiger partial charge is 0.156 e. The van der Waals surface area contributed by atoms with Crippen molar-refractivity contribution in [2.45, 2.75) is 45.3 Å². The molecule has 0 bridgehead atoms. The Morgan fingerprint density at radius 1 is 1.38 bits per heavy atom. The molecule has 0 spiro atoms. The third kappa shape index (κ3) is 2.78. The zero-order valence-corrected chi connectivity index (χ0v) is 9.51. The van der Waals surface area contributed by atoms with E-state index in [1.165, 1.54) is 6.42 Å². The van der Waals surface area contributed by atoms with Gasteiger partial charge in [-0.3, -0.25) is 0 Å². The quantitative estimate of drug-likeness (QED) is 0.702. The van der Waals surface area contributed by atoms with Gasteiger partial charge in [-0.05, 0) is 30.6 Å². The van der Waals surface area contributed by atoms with Gasteiger partial charge in [0.25, 0.3) is 0 Å². The molecule has 3 heteroatoms. The lowest BCUT2D eigenvalue weighted by atomic mass is 9.77. The topological polar surface area (TPSA) is 37.3 Å². The molecule has 0 aromatic heterocycles. The Labute approximate surface area is 83.4 Å². The Morgan fingerprint density at radius 3 is 2.46 bits per heavy atom. The Bertz CT molecular complexity index is 191. The normalized spacial score (nSPS) is 37.8. The molecule has 4 atom stereocenters. The van der Waals surface area contributed by atoms with Gasteiger partial charge in [-0.1, -0.05) is 27.2 Å². The highest BCUT2D eigenvalue weighted by Gasteiger charge is 2.34. The Morgan fingerprint density at radius 2 is 2.00 bits per heavy atom. The molecule has 2 nitrogen and oxygen atoms in total. The van der Waals surface area contributed by atoms with Crippen LogP contribution in [-0.2, 0) is 11.1 Å². The van der Waals surface area contributed by atoms with Gasteiger partial charge in [0.1, 0.15) is 0 Å². The summed E-state index contributed by atoms with van der Waals surface area (Å²) < 4.78 is 20.3. The summed E-state index contributed by atoms with van der Waals surface area (Å²) in [7, 11) is 0. The van der Waals surface area contributed by atoms with Gasteiger partial charge >= 0.3 is 0 Å². The first kappa shape index (κ1) is 11.2. The molecule has 4 unspecified atom stereocenters. The van der Waals surface area contributed by atoms with Crippen LogP contribution in [0.4, 0.5) is 0 Å². The van der Waals surface area contributed by atoms with Crippen molar-refractivity contribution in [1.82, 2.24) is 0 Å². The fourth-order valence-corrected chi connectivity index (χ4v) is 3.59. The highest BCUT2D eigenvalue weighted by Crippen LogP contribution is 2.35. The van der Waals surface area contributed by atoms with E-state index in [0.717, 1.165) is 12.8 Å². The standard InChI is InChI=1S/C10H20O2S/c1-7(2)9-5-4-8(3)6-10(9)13(11)12/h7-10H,4-6H2,1-3H3,(H,11,12). The van der Waals surface area contributed by atoms with Crippen molar-refractivity contribution < 1.29 is 8.76 Å². The van der Waals surface area contributed by atoms with Gasteiger partial charge in [-0.15, -0.1) is 0 Å². The van der Waals surface area contributed by atoms with Gasteiger partial charge in [-0.2, -0.15) is 0 Å². The molecule has 0 radical (unpaired) electrons. The zero-order chi connectivity index (χ0) is 10.0. The molecule has 13 heavy (non-hydrogen) atoms. The molecule has 0 aromatic rings. The van der Waals surface area contributed by atoms with E-state index in [1.54, 1.807) is 0 Å². The van der Waals surface area contributed by atoms with Crippen LogP contribution in [0.2, 0.25) is 0 Å². The SMILES string of the molecule is CC1CCC(C(C)C)C(S(=O)O)C1. The Balaban J connectivity index is 2.66. The molecule has 78 valence electrons. The fraction of sp³-hybridized carbons (Fsp3) is 1.00. The van der Waals surface area contributed by atoms with E-state index in [-0.39, 0.29) is 5.25 Å². The summed E-state index contributed by atoms with van der Waals surface area (Å²) >= 11 is -1.62. The van der Waals surface area contributed by atoms with E-state index >= 15 is 0 Å². The van der Waals surface area contributed by atoms with Gasteiger partial charge in [-0.25, -0.2) is 4.21 Å². The lowest BCUT2D eigenvalue weighted by molar-refractivity contribution is 0.235. The summed E-state index contributed by atoms with van der Waals surface area (Å²) in [4.78, 5) is 0. The second-order valence-electron chi connectivity index (χ2n) is 4.64. The minimum atomic E-state index is -1.62. The van der Waals surface area contributed by atoms with Crippen LogP contribution < -0.4 is 0 Å². The van der Waals surface area contributed by atoms with Crippen molar-refractivity contribution in [2.24, 2.45) is 17.8 Å². The molecular formula is C10H20O2S. The largest absolute Gasteiger partial charge is 0.306 e. The maximum absolute atomic E-state index is 11.1.